The summed E-state index contributed by atoms with van der Waals surface area (Å²) < 4.78 is 7.82. The Labute approximate surface area is 191 Å². The Hall–Kier alpha value is -3.12. The van der Waals surface area contributed by atoms with Crippen molar-refractivity contribution in [3.63, 3.8) is 0 Å². The van der Waals surface area contributed by atoms with Gasteiger partial charge in [0.2, 0.25) is 0 Å². The van der Waals surface area contributed by atoms with Gasteiger partial charge in [-0.25, -0.2) is 0 Å². The van der Waals surface area contributed by atoms with E-state index in [0.717, 1.165) is 18.1 Å². The van der Waals surface area contributed by atoms with E-state index in [-0.39, 0.29) is 6.04 Å². The van der Waals surface area contributed by atoms with Crippen LogP contribution in [-0.2, 0) is 38.0 Å². The molecule has 1 aromatic heterocycles. The van der Waals surface area contributed by atoms with Crippen LogP contribution in [0.4, 0.5) is 0 Å². The number of nitrogens with zero attached hydrogens (tertiary/aromatic N) is 3. The van der Waals surface area contributed by atoms with E-state index in [4.69, 9.17) is 4.74 Å². The van der Waals surface area contributed by atoms with Crippen molar-refractivity contribution in [1.82, 2.24) is 20.4 Å². The number of hydrogen-bond acceptors (Lipinski definition) is 3. The average Bonchev–Trinajstić information content (AvgIpc) is 3.03. The molecule has 0 saturated heterocycles. The van der Waals surface area contributed by atoms with E-state index in [2.05, 4.69) is 77.9 Å². The van der Waals surface area contributed by atoms with E-state index in [1.807, 2.05) is 29.9 Å². The second kappa shape index (κ2) is 11.5. The summed E-state index contributed by atoms with van der Waals surface area (Å²) in [7, 11) is 3.79. The van der Waals surface area contributed by atoms with Gasteiger partial charge in [0, 0.05) is 32.4 Å². The molecule has 0 aliphatic rings. The van der Waals surface area contributed by atoms with Crippen LogP contribution in [0.25, 0.3) is 0 Å². The lowest BCUT2D eigenvalue weighted by Gasteiger charge is -2.18. The highest BCUT2D eigenvalue weighted by Gasteiger charge is 2.14. The van der Waals surface area contributed by atoms with Crippen molar-refractivity contribution in [1.29, 1.82) is 0 Å². The van der Waals surface area contributed by atoms with E-state index >= 15 is 0 Å². The van der Waals surface area contributed by atoms with Crippen LogP contribution in [0.1, 0.15) is 40.6 Å². The minimum absolute atomic E-state index is 0.237. The average molecular weight is 434 g/mol. The molecule has 6 nitrogen and oxygen atoms in total. The van der Waals surface area contributed by atoms with Gasteiger partial charge < -0.3 is 15.4 Å². The van der Waals surface area contributed by atoms with Crippen molar-refractivity contribution in [2.75, 3.05) is 7.05 Å². The highest BCUT2D eigenvalue weighted by Crippen LogP contribution is 2.14. The minimum atomic E-state index is 0.237. The zero-order valence-electron chi connectivity index (χ0n) is 19.9. The van der Waals surface area contributed by atoms with Gasteiger partial charge in [-0.05, 0) is 49.4 Å². The molecular weight excluding hydrogens is 398 g/mol. The molecule has 32 heavy (non-hydrogen) atoms. The SMILES string of the molecule is CN=C(NCc1cccc(COCc2ccccc2)c1)NC(C)Cc1c(C)nn(C)c1C. The molecule has 6 heteroatoms. The zero-order valence-corrected chi connectivity index (χ0v) is 19.9. The number of ether oxygens (including phenoxy) is 1. The van der Waals surface area contributed by atoms with Crippen molar-refractivity contribution < 1.29 is 4.74 Å². The predicted octanol–water partition coefficient (Wildman–Crippen LogP) is 4.05. The molecule has 0 saturated carbocycles. The molecular formula is C26H35N5O. The van der Waals surface area contributed by atoms with E-state index in [0.29, 0.717) is 19.8 Å². The Morgan fingerprint density at radius 2 is 1.72 bits per heavy atom. The van der Waals surface area contributed by atoms with Gasteiger partial charge >= 0.3 is 0 Å². The minimum Gasteiger partial charge on any atom is -0.372 e. The number of guanidine groups is 1. The zero-order chi connectivity index (χ0) is 22.9. The highest BCUT2D eigenvalue weighted by atomic mass is 16.5. The molecule has 3 rings (SSSR count). The molecule has 3 aromatic rings. The lowest BCUT2D eigenvalue weighted by Crippen LogP contribution is -2.42. The fraction of sp³-hybridized carbons (Fsp3) is 0.385. The third kappa shape index (κ3) is 6.69. The topological polar surface area (TPSA) is 63.5 Å². The Morgan fingerprint density at radius 1 is 1.03 bits per heavy atom. The monoisotopic (exact) mass is 433 g/mol. The van der Waals surface area contributed by atoms with Gasteiger partial charge in [0.25, 0.3) is 0 Å². The first-order valence-corrected chi connectivity index (χ1v) is 11.1. The maximum absolute atomic E-state index is 5.87. The first-order valence-electron chi connectivity index (χ1n) is 11.1. The predicted molar refractivity (Wildman–Crippen MR) is 131 cm³/mol. The number of aromatic nitrogens is 2. The van der Waals surface area contributed by atoms with Gasteiger partial charge in [-0.3, -0.25) is 9.67 Å². The quantitative estimate of drug-likeness (QED) is 0.395. The summed E-state index contributed by atoms with van der Waals surface area (Å²) in [6.07, 6.45) is 0.903. The standard InChI is InChI=1S/C26H35N5O/c1-19(14-25-20(2)30-31(5)21(25)3)29-26(27-4)28-16-23-12-9-13-24(15-23)18-32-17-22-10-7-6-8-11-22/h6-13,15,19H,14,16-18H2,1-5H3,(H2,27,28,29). The van der Waals surface area contributed by atoms with Crippen molar-refractivity contribution >= 4 is 5.96 Å². The van der Waals surface area contributed by atoms with Crippen molar-refractivity contribution in [2.24, 2.45) is 12.0 Å². The van der Waals surface area contributed by atoms with Crippen LogP contribution in [0.2, 0.25) is 0 Å². The van der Waals surface area contributed by atoms with Crippen molar-refractivity contribution in [3.05, 3.63) is 88.2 Å². The van der Waals surface area contributed by atoms with Crippen LogP contribution in [0.15, 0.2) is 59.6 Å². The van der Waals surface area contributed by atoms with Crippen LogP contribution in [0, 0.1) is 13.8 Å². The van der Waals surface area contributed by atoms with Crippen molar-refractivity contribution in [3.8, 4) is 0 Å². The summed E-state index contributed by atoms with van der Waals surface area (Å²) in [6.45, 7) is 8.27. The first kappa shape index (κ1) is 23.5. The van der Waals surface area contributed by atoms with E-state index in [1.165, 1.54) is 27.9 Å². The van der Waals surface area contributed by atoms with Gasteiger partial charge in [0.1, 0.15) is 0 Å². The van der Waals surface area contributed by atoms with E-state index < -0.39 is 0 Å². The Bertz CT molecular complexity index is 1030. The van der Waals surface area contributed by atoms with Gasteiger partial charge in [0.15, 0.2) is 5.96 Å². The number of aryl methyl sites for hydroxylation is 2. The molecule has 0 bridgehead atoms. The van der Waals surface area contributed by atoms with E-state index in [9.17, 15) is 0 Å². The summed E-state index contributed by atoms with van der Waals surface area (Å²) in [5.74, 6) is 0.794. The second-order valence-electron chi connectivity index (χ2n) is 8.25. The van der Waals surface area contributed by atoms with Crippen LogP contribution < -0.4 is 10.6 Å². The summed E-state index contributed by atoms with van der Waals surface area (Å²) >= 11 is 0. The maximum atomic E-state index is 5.87. The van der Waals surface area contributed by atoms with Crippen LogP contribution in [-0.4, -0.2) is 28.8 Å². The number of aliphatic imine (C=N–C) groups is 1. The fourth-order valence-electron chi connectivity index (χ4n) is 3.77. The summed E-state index contributed by atoms with van der Waals surface area (Å²) in [6, 6.07) is 19.0. The largest absolute Gasteiger partial charge is 0.372 e. The Morgan fingerprint density at radius 3 is 2.41 bits per heavy atom. The molecule has 1 atom stereocenters. The molecule has 0 radical (unpaired) electrons. The van der Waals surface area contributed by atoms with Crippen LogP contribution in [0.5, 0.6) is 0 Å². The van der Waals surface area contributed by atoms with E-state index in [1.54, 1.807) is 7.05 Å². The lowest BCUT2D eigenvalue weighted by molar-refractivity contribution is 0.107. The third-order valence-corrected chi connectivity index (χ3v) is 5.61. The summed E-state index contributed by atoms with van der Waals surface area (Å²) in [4.78, 5) is 4.39. The summed E-state index contributed by atoms with van der Waals surface area (Å²) in [5, 5.41) is 11.4. The number of benzene rings is 2. The first-order chi connectivity index (χ1) is 15.5. The van der Waals surface area contributed by atoms with Crippen LogP contribution >= 0.6 is 0 Å². The van der Waals surface area contributed by atoms with Gasteiger partial charge in [-0.1, -0.05) is 54.6 Å². The second-order valence-corrected chi connectivity index (χ2v) is 8.25. The fourth-order valence-corrected chi connectivity index (χ4v) is 3.77. The summed E-state index contributed by atoms with van der Waals surface area (Å²) in [5.41, 5.74) is 7.15. The van der Waals surface area contributed by atoms with Crippen molar-refractivity contribution in [2.45, 2.75) is 53.0 Å². The number of nitrogens with one attached hydrogen (secondary N) is 2. The number of hydrogen-bond donors (Lipinski definition) is 2. The van der Waals surface area contributed by atoms with Gasteiger partial charge in [0.05, 0.1) is 18.9 Å². The molecule has 2 aromatic carbocycles. The van der Waals surface area contributed by atoms with Crippen LogP contribution in [0.3, 0.4) is 0 Å². The Balaban J connectivity index is 1.48. The molecule has 0 fully saturated rings. The Kier molecular flexibility index (Phi) is 8.45. The molecule has 1 unspecified atom stereocenters. The molecule has 0 amide bonds. The molecule has 0 aliphatic heterocycles. The highest BCUT2D eigenvalue weighted by molar-refractivity contribution is 5.79. The van der Waals surface area contributed by atoms with Gasteiger partial charge in [-0.15, -0.1) is 0 Å². The lowest BCUT2D eigenvalue weighted by atomic mass is 10.1. The molecule has 170 valence electrons. The normalized spacial score (nSPS) is 12.6. The number of rotatable bonds is 9. The molecule has 0 aliphatic carbocycles. The smallest absolute Gasteiger partial charge is 0.191 e. The third-order valence-electron chi connectivity index (χ3n) is 5.61. The molecule has 2 N–H and O–H groups in total. The maximum Gasteiger partial charge on any atom is 0.191 e. The molecule has 0 spiro atoms. The van der Waals surface area contributed by atoms with Gasteiger partial charge in [-0.2, -0.15) is 5.10 Å². The molecule has 1 heterocycles.